The van der Waals surface area contributed by atoms with Crippen LogP contribution in [0, 0.1) is 11.8 Å². The molecule has 0 N–H and O–H groups in total. The first-order valence-electron chi connectivity index (χ1n) is 4.18. The van der Waals surface area contributed by atoms with Crippen LogP contribution >= 0.6 is 0 Å². The Morgan fingerprint density at radius 2 is 1.67 bits per heavy atom. The van der Waals surface area contributed by atoms with Crippen LogP contribution in [0.25, 0.3) is 0 Å². The topological polar surface area (TPSA) is 0 Å². The molecular weight excluding hydrogens is 108 g/mol. The minimum absolute atomic E-state index is 1.11. The summed E-state index contributed by atoms with van der Waals surface area (Å²) < 4.78 is 0. The fourth-order valence-corrected chi connectivity index (χ4v) is 2.92. The largest absolute Gasteiger partial charge is 0.0670 e. The van der Waals surface area contributed by atoms with Gasteiger partial charge in [-0.25, -0.2) is 0 Å². The van der Waals surface area contributed by atoms with E-state index in [-0.39, 0.29) is 0 Å². The summed E-state index contributed by atoms with van der Waals surface area (Å²) in [7, 11) is 0. The summed E-state index contributed by atoms with van der Waals surface area (Å²) in [6, 6.07) is 0. The summed E-state index contributed by atoms with van der Waals surface area (Å²) >= 11 is 0. The molecule has 0 bridgehead atoms. The van der Waals surface area contributed by atoms with Gasteiger partial charge in [-0.15, -0.1) is 0 Å². The molecule has 3 rings (SSSR count). The van der Waals surface area contributed by atoms with Gasteiger partial charge in [0.15, 0.2) is 0 Å². The van der Waals surface area contributed by atoms with Gasteiger partial charge in [0.2, 0.25) is 0 Å². The van der Waals surface area contributed by atoms with E-state index in [2.05, 4.69) is 0 Å². The molecule has 2 saturated carbocycles. The highest BCUT2D eigenvalue weighted by molar-refractivity contribution is 5.39. The number of hydrogen-bond donors (Lipinski definition) is 0. The molecule has 2 atom stereocenters. The SMILES string of the molecule is C1CC2=C3CCC3C2C1. The minimum atomic E-state index is 1.11. The lowest BCUT2D eigenvalue weighted by Gasteiger charge is -2.47. The maximum absolute atomic E-state index is 1.89. The van der Waals surface area contributed by atoms with Crippen LogP contribution in [-0.4, -0.2) is 0 Å². The first-order valence-corrected chi connectivity index (χ1v) is 4.18. The van der Waals surface area contributed by atoms with Crippen molar-refractivity contribution in [3.05, 3.63) is 11.1 Å². The smallest absolute Gasteiger partial charge is 0.0132 e. The molecule has 0 amide bonds. The van der Waals surface area contributed by atoms with Crippen LogP contribution < -0.4 is 0 Å². The van der Waals surface area contributed by atoms with Crippen molar-refractivity contribution in [1.29, 1.82) is 0 Å². The van der Waals surface area contributed by atoms with Crippen molar-refractivity contribution in [1.82, 2.24) is 0 Å². The zero-order valence-electron chi connectivity index (χ0n) is 5.69. The molecule has 0 heteroatoms. The monoisotopic (exact) mass is 120 g/mol. The highest BCUT2D eigenvalue weighted by Crippen LogP contribution is 2.59. The summed E-state index contributed by atoms with van der Waals surface area (Å²) in [5.41, 5.74) is 3.78. The first kappa shape index (κ1) is 4.54. The van der Waals surface area contributed by atoms with Crippen LogP contribution in [0.2, 0.25) is 0 Å². The molecule has 2 fully saturated rings. The van der Waals surface area contributed by atoms with Gasteiger partial charge < -0.3 is 0 Å². The summed E-state index contributed by atoms with van der Waals surface area (Å²) in [5, 5.41) is 0. The lowest BCUT2D eigenvalue weighted by atomic mass is 9.58. The molecule has 3 aliphatic carbocycles. The van der Waals surface area contributed by atoms with Crippen molar-refractivity contribution in [2.45, 2.75) is 32.1 Å². The number of rotatable bonds is 0. The van der Waals surface area contributed by atoms with Gasteiger partial charge in [0.25, 0.3) is 0 Å². The fraction of sp³-hybridized carbons (Fsp3) is 0.778. The predicted octanol–water partition coefficient (Wildman–Crippen LogP) is 2.51. The van der Waals surface area contributed by atoms with E-state index in [4.69, 9.17) is 0 Å². The quantitative estimate of drug-likeness (QED) is 0.431. The lowest BCUT2D eigenvalue weighted by Crippen LogP contribution is -2.34. The molecule has 0 heterocycles. The van der Waals surface area contributed by atoms with Gasteiger partial charge in [0, 0.05) is 0 Å². The van der Waals surface area contributed by atoms with E-state index in [1.807, 2.05) is 11.1 Å². The Morgan fingerprint density at radius 1 is 0.889 bits per heavy atom. The lowest BCUT2D eigenvalue weighted by molar-refractivity contribution is 0.271. The molecule has 48 valence electrons. The Balaban J connectivity index is 2.06. The van der Waals surface area contributed by atoms with Gasteiger partial charge in [-0.2, -0.15) is 0 Å². The zero-order chi connectivity index (χ0) is 5.84. The standard InChI is InChI=1S/C9H12/c1-2-6-7(3-1)9-5-4-8(6)9/h6,8H,1-5H2. The van der Waals surface area contributed by atoms with Crippen molar-refractivity contribution in [2.75, 3.05) is 0 Å². The number of hydrogen-bond acceptors (Lipinski definition) is 0. The molecule has 0 saturated heterocycles. The van der Waals surface area contributed by atoms with Crippen LogP contribution in [-0.2, 0) is 0 Å². The van der Waals surface area contributed by atoms with E-state index in [1.165, 1.54) is 32.1 Å². The highest BCUT2D eigenvalue weighted by Gasteiger charge is 2.46. The predicted molar refractivity (Wildman–Crippen MR) is 37.1 cm³/mol. The van der Waals surface area contributed by atoms with E-state index >= 15 is 0 Å². The molecule has 9 heavy (non-hydrogen) atoms. The molecule has 0 aromatic carbocycles. The van der Waals surface area contributed by atoms with Gasteiger partial charge in [0.05, 0.1) is 0 Å². The van der Waals surface area contributed by atoms with Gasteiger partial charge in [-0.1, -0.05) is 11.1 Å². The first-order chi connectivity index (χ1) is 4.47. The Hall–Kier alpha value is -0.260. The average Bonchev–Trinajstić information content (AvgIpc) is 2.13. The van der Waals surface area contributed by atoms with E-state index < -0.39 is 0 Å². The third-order valence-corrected chi connectivity index (χ3v) is 3.48. The Labute approximate surface area is 56.0 Å². The maximum Gasteiger partial charge on any atom is -0.0132 e. The van der Waals surface area contributed by atoms with Crippen molar-refractivity contribution in [2.24, 2.45) is 11.8 Å². The van der Waals surface area contributed by atoms with Crippen molar-refractivity contribution < 1.29 is 0 Å². The van der Waals surface area contributed by atoms with Crippen molar-refractivity contribution in [3.63, 3.8) is 0 Å². The Bertz CT molecular complexity index is 188. The van der Waals surface area contributed by atoms with Crippen LogP contribution in [0.4, 0.5) is 0 Å². The molecule has 3 aliphatic rings. The Morgan fingerprint density at radius 3 is 2.33 bits per heavy atom. The highest BCUT2D eigenvalue weighted by atomic mass is 14.5. The van der Waals surface area contributed by atoms with Crippen LogP contribution in [0.15, 0.2) is 11.1 Å². The molecule has 0 spiro atoms. The molecule has 0 aliphatic heterocycles. The molecule has 0 aromatic rings. The van der Waals surface area contributed by atoms with Gasteiger partial charge in [-0.05, 0) is 43.9 Å². The van der Waals surface area contributed by atoms with Crippen LogP contribution in [0.1, 0.15) is 32.1 Å². The second-order valence-electron chi connectivity index (χ2n) is 3.69. The molecule has 0 aromatic heterocycles. The van der Waals surface area contributed by atoms with E-state index in [9.17, 15) is 0 Å². The fourth-order valence-electron chi connectivity index (χ4n) is 2.92. The normalized spacial score (nSPS) is 45.3. The second-order valence-corrected chi connectivity index (χ2v) is 3.69. The molecule has 0 radical (unpaired) electrons. The summed E-state index contributed by atoms with van der Waals surface area (Å²) in [4.78, 5) is 0. The number of allylic oxidation sites excluding steroid dienone is 2. The summed E-state index contributed by atoms with van der Waals surface area (Å²) in [6.07, 6.45) is 7.50. The third-order valence-electron chi connectivity index (χ3n) is 3.48. The van der Waals surface area contributed by atoms with E-state index in [1.54, 1.807) is 0 Å². The van der Waals surface area contributed by atoms with Crippen molar-refractivity contribution in [3.8, 4) is 0 Å². The molecule has 0 nitrogen and oxygen atoms in total. The van der Waals surface area contributed by atoms with Crippen LogP contribution in [0.3, 0.4) is 0 Å². The van der Waals surface area contributed by atoms with Crippen LogP contribution in [0.5, 0.6) is 0 Å². The second kappa shape index (κ2) is 1.25. The maximum atomic E-state index is 1.89. The van der Waals surface area contributed by atoms with Crippen molar-refractivity contribution >= 4 is 0 Å². The molecule has 2 unspecified atom stereocenters. The third kappa shape index (κ3) is 0.357. The van der Waals surface area contributed by atoms with E-state index in [0.29, 0.717) is 0 Å². The van der Waals surface area contributed by atoms with Gasteiger partial charge in [0.1, 0.15) is 0 Å². The minimum Gasteiger partial charge on any atom is -0.0670 e. The Kier molecular flexibility index (Phi) is 0.633. The molecular formula is C9H12. The average molecular weight is 120 g/mol. The zero-order valence-corrected chi connectivity index (χ0v) is 5.69. The summed E-state index contributed by atoms with van der Waals surface area (Å²) in [5.74, 6) is 2.22. The summed E-state index contributed by atoms with van der Waals surface area (Å²) in [6.45, 7) is 0. The van der Waals surface area contributed by atoms with E-state index in [0.717, 1.165) is 11.8 Å². The van der Waals surface area contributed by atoms with Gasteiger partial charge in [-0.3, -0.25) is 0 Å². The van der Waals surface area contributed by atoms with Gasteiger partial charge >= 0.3 is 0 Å². The number of fused-ring (bicyclic) bond motifs is 3.